The molecule has 5 heteroatoms. The Kier molecular flexibility index (Phi) is 3.71. The van der Waals surface area contributed by atoms with Gasteiger partial charge in [0.25, 0.3) is 0 Å². The number of rotatable bonds is 3. The second kappa shape index (κ2) is 5.10. The van der Waals surface area contributed by atoms with Gasteiger partial charge in [0.15, 0.2) is 0 Å². The van der Waals surface area contributed by atoms with E-state index in [0.29, 0.717) is 11.0 Å². The van der Waals surface area contributed by atoms with Gasteiger partial charge in [-0.15, -0.1) is 0 Å². The van der Waals surface area contributed by atoms with Gasteiger partial charge in [0.1, 0.15) is 5.82 Å². The van der Waals surface area contributed by atoms with Crippen molar-refractivity contribution in [2.24, 2.45) is 0 Å². The highest BCUT2D eigenvalue weighted by Gasteiger charge is 2.08. The molecule has 0 saturated carbocycles. The molecule has 0 radical (unpaired) electrons. The average molecular weight is 312 g/mol. The van der Waals surface area contributed by atoms with Crippen molar-refractivity contribution in [1.82, 2.24) is 10.2 Å². The normalized spacial score (nSPS) is 10.7. The number of nitrogens with one attached hydrogen (secondary N) is 2. The van der Waals surface area contributed by atoms with Crippen LogP contribution in [-0.2, 0) is 6.54 Å². The van der Waals surface area contributed by atoms with E-state index in [4.69, 9.17) is 0 Å². The van der Waals surface area contributed by atoms with Crippen molar-refractivity contribution in [3.05, 3.63) is 44.9 Å². The van der Waals surface area contributed by atoms with Crippen LogP contribution in [0.3, 0.4) is 0 Å². The van der Waals surface area contributed by atoms with Crippen LogP contribution >= 0.6 is 15.9 Å². The minimum atomic E-state index is -0.260. The van der Waals surface area contributed by atoms with Gasteiger partial charge in [-0.05, 0) is 54.4 Å². The van der Waals surface area contributed by atoms with E-state index >= 15 is 0 Å². The number of halogens is 2. The Morgan fingerprint density at radius 1 is 1.33 bits per heavy atom. The molecule has 96 valence electrons. The lowest BCUT2D eigenvalue weighted by molar-refractivity contribution is 0.621. The minimum absolute atomic E-state index is 0.260. The molecule has 1 aromatic carbocycles. The highest BCUT2D eigenvalue weighted by molar-refractivity contribution is 9.10. The third kappa shape index (κ3) is 2.56. The first-order valence-corrected chi connectivity index (χ1v) is 6.48. The monoisotopic (exact) mass is 311 g/mol. The van der Waals surface area contributed by atoms with Crippen LogP contribution in [0.5, 0.6) is 0 Å². The highest BCUT2D eigenvalue weighted by Crippen LogP contribution is 2.24. The molecule has 1 aromatic heterocycles. The predicted molar refractivity (Wildman–Crippen MR) is 74.2 cm³/mol. The maximum atomic E-state index is 13.5. The van der Waals surface area contributed by atoms with E-state index in [9.17, 15) is 4.39 Å². The minimum Gasteiger partial charge on any atom is -0.381 e. The third-order valence-electron chi connectivity index (χ3n) is 3.00. The van der Waals surface area contributed by atoms with Gasteiger partial charge in [0.05, 0.1) is 10.2 Å². The number of hydrogen-bond donors (Lipinski definition) is 2. The number of aromatic nitrogens is 2. The van der Waals surface area contributed by atoms with Crippen LogP contribution in [0, 0.1) is 26.6 Å². The van der Waals surface area contributed by atoms with E-state index in [1.807, 2.05) is 20.8 Å². The third-order valence-corrected chi connectivity index (χ3v) is 3.61. The summed E-state index contributed by atoms with van der Waals surface area (Å²) in [4.78, 5) is 0. The summed E-state index contributed by atoms with van der Waals surface area (Å²) < 4.78 is 14.0. The Morgan fingerprint density at radius 2 is 2.06 bits per heavy atom. The first-order valence-electron chi connectivity index (χ1n) is 5.69. The predicted octanol–water partition coefficient (Wildman–Crippen LogP) is 3.85. The second-order valence-corrected chi connectivity index (χ2v) is 5.20. The fraction of sp³-hybridized carbons (Fsp3) is 0.308. The van der Waals surface area contributed by atoms with Crippen LogP contribution in [-0.4, -0.2) is 10.2 Å². The first-order chi connectivity index (χ1) is 8.49. The van der Waals surface area contributed by atoms with Crippen LogP contribution in [0.25, 0.3) is 0 Å². The number of benzene rings is 1. The van der Waals surface area contributed by atoms with Crippen molar-refractivity contribution in [3.63, 3.8) is 0 Å². The Bertz CT molecular complexity index is 558. The summed E-state index contributed by atoms with van der Waals surface area (Å²) in [5, 5.41) is 10.3. The van der Waals surface area contributed by atoms with Crippen LogP contribution in [0.1, 0.15) is 22.5 Å². The van der Waals surface area contributed by atoms with E-state index < -0.39 is 0 Å². The molecule has 0 amide bonds. The molecule has 2 rings (SSSR count). The lowest BCUT2D eigenvalue weighted by Crippen LogP contribution is -2.03. The fourth-order valence-corrected chi connectivity index (χ4v) is 2.31. The van der Waals surface area contributed by atoms with Crippen LogP contribution < -0.4 is 5.32 Å². The molecule has 0 aliphatic heterocycles. The van der Waals surface area contributed by atoms with Crippen LogP contribution in [0.4, 0.5) is 10.1 Å². The molecular weight excluding hydrogens is 297 g/mol. The summed E-state index contributed by atoms with van der Waals surface area (Å²) in [6.07, 6.45) is 0. The molecule has 0 saturated heterocycles. The van der Waals surface area contributed by atoms with Crippen molar-refractivity contribution < 1.29 is 4.39 Å². The SMILES string of the molecule is Cc1cc(Br)c(F)cc1NCc1c(C)n[nH]c1C. The van der Waals surface area contributed by atoms with Gasteiger partial charge in [0, 0.05) is 23.5 Å². The van der Waals surface area contributed by atoms with Gasteiger partial charge in [-0.2, -0.15) is 5.10 Å². The second-order valence-electron chi connectivity index (χ2n) is 4.35. The zero-order valence-corrected chi connectivity index (χ0v) is 12.2. The molecule has 1 heterocycles. The molecule has 0 fully saturated rings. The van der Waals surface area contributed by atoms with Gasteiger partial charge in [-0.25, -0.2) is 4.39 Å². The summed E-state index contributed by atoms with van der Waals surface area (Å²) in [7, 11) is 0. The molecule has 2 N–H and O–H groups in total. The first kappa shape index (κ1) is 13.1. The molecule has 0 unspecified atom stereocenters. The van der Waals surface area contributed by atoms with E-state index in [1.54, 1.807) is 6.07 Å². The smallest absolute Gasteiger partial charge is 0.139 e. The summed E-state index contributed by atoms with van der Waals surface area (Å²) in [5.41, 5.74) is 4.93. The van der Waals surface area contributed by atoms with Gasteiger partial charge < -0.3 is 5.32 Å². The molecule has 2 aromatic rings. The van der Waals surface area contributed by atoms with E-state index in [2.05, 4.69) is 31.4 Å². The largest absolute Gasteiger partial charge is 0.381 e. The Hall–Kier alpha value is -1.36. The Morgan fingerprint density at radius 3 is 2.67 bits per heavy atom. The highest BCUT2D eigenvalue weighted by atomic mass is 79.9. The number of anilines is 1. The van der Waals surface area contributed by atoms with Gasteiger partial charge in [-0.1, -0.05) is 0 Å². The van der Waals surface area contributed by atoms with Crippen molar-refractivity contribution in [3.8, 4) is 0 Å². The zero-order valence-electron chi connectivity index (χ0n) is 10.6. The van der Waals surface area contributed by atoms with E-state index in [1.165, 1.54) is 6.07 Å². The number of aryl methyl sites for hydroxylation is 3. The molecular formula is C13H15BrFN3. The fourth-order valence-electron chi connectivity index (χ4n) is 1.85. The Balaban J connectivity index is 2.18. The quantitative estimate of drug-likeness (QED) is 0.904. The van der Waals surface area contributed by atoms with Crippen molar-refractivity contribution in [1.29, 1.82) is 0 Å². The maximum Gasteiger partial charge on any atom is 0.139 e. The molecule has 0 bridgehead atoms. The number of nitrogens with zero attached hydrogens (tertiary/aromatic N) is 1. The van der Waals surface area contributed by atoms with E-state index in [0.717, 1.165) is 28.2 Å². The maximum absolute atomic E-state index is 13.5. The molecule has 0 atom stereocenters. The topological polar surface area (TPSA) is 40.7 Å². The van der Waals surface area contributed by atoms with Crippen LogP contribution in [0.2, 0.25) is 0 Å². The van der Waals surface area contributed by atoms with Crippen LogP contribution in [0.15, 0.2) is 16.6 Å². The lowest BCUT2D eigenvalue weighted by Gasteiger charge is -2.10. The Labute approximate surface area is 114 Å². The summed E-state index contributed by atoms with van der Waals surface area (Å²) in [5.74, 6) is -0.260. The molecule has 0 aliphatic rings. The van der Waals surface area contributed by atoms with Gasteiger partial charge >= 0.3 is 0 Å². The molecule has 0 aliphatic carbocycles. The zero-order chi connectivity index (χ0) is 13.3. The molecule has 18 heavy (non-hydrogen) atoms. The van der Waals surface area contributed by atoms with E-state index in [-0.39, 0.29) is 5.82 Å². The standard InChI is InChI=1S/C13H15BrFN3/c1-7-4-11(14)12(15)5-13(7)16-6-10-8(2)17-18-9(10)3/h4-5,16H,6H2,1-3H3,(H,17,18). The number of hydrogen-bond acceptors (Lipinski definition) is 2. The average Bonchev–Trinajstić information content (AvgIpc) is 2.62. The number of aromatic amines is 1. The number of H-pyrrole nitrogens is 1. The molecule has 3 nitrogen and oxygen atoms in total. The van der Waals surface area contributed by atoms with Gasteiger partial charge in [0.2, 0.25) is 0 Å². The summed E-state index contributed by atoms with van der Waals surface area (Å²) in [6.45, 7) is 6.51. The van der Waals surface area contributed by atoms with Crippen molar-refractivity contribution in [2.75, 3.05) is 5.32 Å². The summed E-state index contributed by atoms with van der Waals surface area (Å²) >= 11 is 3.18. The van der Waals surface area contributed by atoms with Gasteiger partial charge in [-0.3, -0.25) is 5.10 Å². The van der Waals surface area contributed by atoms with Crippen molar-refractivity contribution >= 4 is 21.6 Å². The molecule has 0 spiro atoms. The summed E-state index contributed by atoms with van der Waals surface area (Å²) in [6, 6.07) is 3.27. The van der Waals surface area contributed by atoms with Crippen molar-refractivity contribution in [2.45, 2.75) is 27.3 Å². The lowest BCUT2D eigenvalue weighted by atomic mass is 10.1.